The van der Waals surface area contributed by atoms with Gasteiger partial charge >= 0.3 is 0 Å². The first-order valence-corrected chi connectivity index (χ1v) is 13.9. The van der Waals surface area contributed by atoms with Gasteiger partial charge in [0.1, 0.15) is 24.0 Å². The van der Waals surface area contributed by atoms with Crippen molar-refractivity contribution in [2.75, 3.05) is 32.2 Å². The molecule has 3 heterocycles. The summed E-state index contributed by atoms with van der Waals surface area (Å²) in [6.45, 7) is 1.91. The molecule has 3 aromatic rings. The van der Waals surface area contributed by atoms with Crippen LogP contribution in [-0.4, -0.2) is 76.2 Å². The minimum absolute atomic E-state index is 0.00792. The summed E-state index contributed by atoms with van der Waals surface area (Å²) < 4.78 is 38.5. The number of methoxy groups -OCH3 is 1. The number of amides is 1. The second-order valence-electron chi connectivity index (χ2n) is 10.3. The molecule has 0 spiro atoms. The molecule has 10 nitrogen and oxygen atoms in total. The first kappa shape index (κ1) is 30.1. The third-order valence-electron chi connectivity index (χ3n) is 7.62. The normalized spacial score (nSPS) is 21.8. The van der Waals surface area contributed by atoms with Crippen molar-refractivity contribution in [1.82, 2.24) is 20.2 Å². The molecule has 0 radical (unpaired) electrons. The van der Waals surface area contributed by atoms with Crippen LogP contribution in [0, 0.1) is 5.82 Å². The maximum absolute atomic E-state index is 14.2. The number of hydrogen-bond acceptors (Lipinski definition) is 9. The van der Waals surface area contributed by atoms with E-state index in [9.17, 15) is 23.8 Å². The average molecular weight is 604 g/mol. The number of hydrogen-bond donors (Lipinski definition) is 4. The van der Waals surface area contributed by atoms with E-state index in [0.717, 1.165) is 5.56 Å². The summed E-state index contributed by atoms with van der Waals surface area (Å²) in [7, 11) is 1.40. The van der Waals surface area contributed by atoms with E-state index >= 15 is 0 Å². The molecule has 1 fully saturated rings. The van der Waals surface area contributed by atoms with Crippen LogP contribution in [-0.2, 0) is 16.1 Å². The number of aromatic nitrogens is 2. The number of aliphatic hydroxyl groups excluding tert-OH is 2. The molecule has 2 aromatic carbocycles. The summed E-state index contributed by atoms with van der Waals surface area (Å²) in [6, 6.07) is 7.19. The van der Waals surface area contributed by atoms with Crippen molar-refractivity contribution < 1.29 is 33.3 Å². The Labute approximate surface area is 246 Å². The quantitative estimate of drug-likeness (QED) is 0.290. The zero-order valence-electron chi connectivity index (χ0n) is 23.1. The van der Waals surface area contributed by atoms with Crippen LogP contribution in [0.5, 0.6) is 5.75 Å². The third kappa shape index (κ3) is 6.32. The summed E-state index contributed by atoms with van der Waals surface area (Å²) in [6.07, 6.45) is -0.390. The molecule has 1 saturated heterocycles. The average Bonchev–Trinajstić information content (AvgIpc) is 3.32. The monoisotopic (exact) mass is 603 g/mol. The van der Waals surface area contributed by atoms with Gasteiger partial charge in [-0.1, -0.05) is 23.7 Å². The highest BCUT2D eigenvalue weighted by molar-refractivity contribution is 6.32. The molecule has 224 valence electrons. The molecule has 1 aromatic heterocycles. The summed E-state index contributed by atoms with van der Waals surface area (Å²) in [4.78, 5) is 23.5. The van der Waals surface area contributed by atoms with Gasteiger partial charge < -0.3 is 30.3 Å². The molecule has 42 heavy (non-hydrogen) atoms. The fraction of sp³-hybridized carbons (Fsp3) is 0.414. The fourth-order valence-corrected chi connectivity index (χ4v) is 5.39. The Kier molecular flexibility index (Phi) is 9.19. The van der Waals surface area contributed by atoms with Crippen LogP contribution in [0.3, 0.4) is 0 Å². The zero-order valence-corrected chi connectivity index (χ0v) is 23.8. The number of aliphatic hydroxyl groups is 2. The number of carbonyl (C=O) groups is 1. The molecular weight excluding hydrogens is 572 g/mol. The maximum atomic E-state index is 14.2. The smallest absolute Gasteiger partial charge is 0.237 e. The van der Waals surface area contributed by atoms with Gasteiger partial charge in [0.05, 0.1) is 55.4 Å². The van der Waals surface area contributed by atoms with Gasteiger partial charge in [-0.2, -0.15) is 0 Å². The van der Waals surface area contributed by atoms with Crippen LogP contribution in [0.25, 0.3) is 11.3 Å². The summed E-state index contributed by atoms with van der Waals surface area (Å²) >= 11 is 6.43. The second-order valence-corrected chi connectivity index (χ2v) is 10.7. The molecular formula is C29H32ClF2N5O5. The largest absolute Gasteiger partial charge is 0.497 e. The van der Waals surface area contributed by atoms with Crippen LogP contribution in [0.1, 0.15) is 42.3 Å². The highest BCUT2D eigenvalue weighted by atomic mass is 35.5. The third-order valence-corrected chi connectivity index (χ3v) is 7.89. The standard InChI is InChI=1S/C29H32ClF2N5O5/c1-15(27(39)34-25(13-38)18-7-19(31)10-20(8-18)41-2)37-12-17-4-3-16(9-21(17)28(37)40)26-22(30)11-33-29(36-26)35-24-5-6-42-14-23(24)32/h3-4,7-11,15,23-25,28,38,40H,5-6,12-14H2,1-2H3,(H,34,39)(H,33,35,36)/t15?,23?,24?,25-,28?/m1/s1. The number of anilines is 1. The number of ether oxygens (including phenoxy) is 2. The van der Waals surface area contributed by atoms with Gasteiger partial charge in [0.25, 0.3) is 0 Å². The van der Waals surface area contributed by atoms with Gasteiger partial charge in [-0.05, 0) is 42.7 Å². The number of benzene rings is 2. The van der Waals surface area contributed by atoms with Gasteiger partial charge in [0, 0.05) is 30.3 Å². The van der Waals surface area contributed by atoms with Gasteiger partial charge in [-0.15, -0.1) is 0 Å². The minimum Gasteiger partial charge on any atom is -0.497 e. The van der Waals surface area contributed by atoms with Crippen LogP contribution in [0.2, 0.25) is 5.02 Å². The Balaban J connectivity index is 1.31. The Morgan fingerprint density at radius 2 is 2.12 bits per heavy atom. The van der Waals surface area contributed by atoms with Crippen LogP contribution < -0.4 is 15.4 Å². The number of rotatable bonds is 9. The Morgan fingerprint density at radius 3 is 2.86 bits per heavy atom. The minimum atomic E-state index is -1.19. The van der Waals surface area contributed by atoms with Crippen LogP contribution >= 0.6 is 11.6 Å². The molecule has 0 bridgehead atoms. The van der Waals surface area contributed by atoms with E-state index in [-0.39, 0.29) is 29.9 Å². The van der Waals surface area contributed by atoms with Crippen molar-refractivity contribution >= 4 is 23.5 Å². The van der Waals surface area contributed by atoms with Crippen molar-refractivity contribution in [3.8, 4) is 17.0 Å². The van der Waals surface area contributed by atoms with Crippen LogP contribution in [0.15, 0.2) is 42.6 Å². The molecule has 2 aliphatic heterocycles. The van der Waals surface area contributed by atoms with Gasteiger partial charge in [-0.25, -0.2) is 18.7 Å². The lowest BCUT2D eigenvalue weighted by Gasteiger charge is -2.28. The lowest BCUT2D eigenvalue weighted by Crippen LogP contribution is -2.46. The van der Waals surface area contributed by atoms with E-state index in [2.05, 4.69) is 20.6 Å². The van der Waals surface area contributed by atoms with Crippen molar-refractivity contribution in [2.24, 2.45) is 0 Å². The number of nitrogens with one attached hydrogen (secondary N) is 2. The van der Waals surface area contributed by atoms with Crippen molar-refractivity contribution in [3.05, 3.63) is 70.1 Å². The topological polar surface area (TPSA) is 129 Å². The van der Waals surface area contributed by atoms with Crippen molar-refractivity contribution in [2.45, 2.75) is 50.4 Å². The zero-order chi connectivity index (χ0) is 30.0. The Hall–Kier alpha value is -3.42. The van der Waals surface area contributed by atoms with Gasteiger partial charge in [-0.3, -0.25) is 9.69 Å². The van der Waals surface area contributed by atoms with Crippen LogP contribution in [0.4, 0.5) is 14.7 Å². The fourth-order valence-electron chi connectivity index (χ4n) is 5.19. The maximum Gasteiger partial charge on any atom is 0.237 e. The van der Waals surface area contributed by atoms with Crippen molar-refractivity contribution in [3.63, 3.8) is 0 Å². The number of fused-ring (bicyclic) bond motifs is 1. The molecule has 0 saturated carbocycles. The molecule has 4 unspecified atom stereocenters. The van der Waals surface area contributed by atoms with E-state index in [1.807, 2.05) is 12.1 Å². The summed E-state index contributed by atoms with van der Waals surface area (Å²) in [5, 5.41) is 27.2. The number of carbonyl (C=O) groups excluding carboxylic acids is 1. The van der Waals surface area contributed by atoms with Gasteiger partial charge in [0.15, 0.2) is 0 Å². The first-order valence-electron chi connectivity index (χ1n) is 13.5. The molecule has 0 aliphatic carbocycles. The number of halogens is 3. The predicted molar refractivity (Wildman–Crippen MR) is 151 cm³/mol. The lowest BCUT2D eigenvalue weighted by atomic mass is 10.0. The van der Waals surface area contributed by atoms with E-state index < -0.39 is 48.9 Å². The predicted octanol–water partition coefficient (Wildman–Crippen LogP) is 3.53. The van der Waals surface area contributed by atoms with Crippen molar-refractivity contribution in [1.29, 1.82) is 0 Å². The van der Waals surface area contributed by atoms with Gasteiger partial charge in [0.2, 0.25) is 11.9 Å². The summed E-state index contributed by atoms with van der Waals surface area (Å²) in [5.74, 6) is -0.536. The van der Waals surface area contributed by atoms with E-state index in [1.165, 1.54) is 31.5 Å². The lowest BCUT2D eigenvalue weighted by molar-refractivity contribution is -0.131. The molecule has 2 aliphatic rings. The summed E-state index contributed by atoms with van der Waals surface area (Å²) in [5.41, 5.74) is 2.77. The number of nitrogens with zero attached hydrogens (tertiary/aromatic N) is 3. The Morgan fingerprint density at radius 1 is 1.31 bits per heavy atom. The highest BCUT2D eigenvalue weighted by Crippen LogP contribution is 2.37. The molecule has 5 atom stereocenters. The molecule has 1 amide bonds. The van der Waals surface area contributed by atoms with E-state index in [4.69, 9.17) is 21.1 Å². The van der Waals surface area contributed by atoms with E-state index in [1.54, 1.807) is 17.9 Å². The molecule has 5 rings (SSSR count). The molecule has 13 heteroatoms. The SMILES string of the molecule is COc1cc(F)cc([C@@H](CO)NC(=O)C(C)N2Cc3ccc(-c4nc(NC5CCOCC5F)ncc4Cl)cc3C2O)c1. The Bertz CT molecular complexity index is 1450. The highest BCUT2D eigenvalue weighted by Gasteiger charge is 2.36. The first-order chi connectivity index (χ1) is 20.2. The van der Waals surface area contributed by atoms with E-state index in [0.29, 0.717) is 35.4 Å². The molecule has 4 N–H and O–H groups in total. The second kappa shape index (κ2) is 12.8. The number of alkyl halides is 1.